The molecule has 2 aromatic heterocycles. The van der Waals surface area contributed by atoms with Crippen molar-refractivity contribution in [2.45, 2.75) is 13.5 Å². The number of nitrogens with two attached hydrogens (primary N) is 1. The second kappa shape index (κ2) is 5.16. The molecule has 0 atom stereocenters. The van der Waals surface area contributed by atoms with Crippen molar-refractivity contribution in [2.24, 2.45) is 5.84 Å². The van der Waals surface area contributed by atoms with Crippen LogP contribution in [0.5, 0.6) is 0 Å². The van der Waals surface area contributed by atoms with E-state index < -0.39 is 4.92 Å². The average Bonchev–Trinajstić information content (AvgIpc) is 2.95. The van der Waals surface area contributed by atoms with E-state index in [0.29, 0.717) is 16.0 Å². The van der Waals surface area contributed by atoms with Gasteiger partial charge in [0.25, 0.3) is 5.91 Å². The van der Waals surface area contributed by atoms with Gasteiger partial charge in [0.15, 0.2) is 0 Å². The fourth-order valence-corrected chi connectivity index (χ4v) is 2.49. The third kappa shape index (κ3) is 2.61. The fourth-order valence-electron chi connectivity index (χ4n) is 1.67. The number of aryl methyl sites for hydroxylation is 1. The monoisotopic (exact) mass is 281 g/mol. The third-order valence-corrected chi connectivity index (χ3v) is 3.46. The summed E-state index contributed by atoms with van der Waals surface area (Å²) in [4.78, 5) is 22.1. The van der Waals surface area contributed by atoms with Crippen molar-refractivity contribution < 1.29 is 9.72 Å². The van der Waals surface area contributed by atoms with Crippen molar-refractivity contribution in [3.8, 4) is 0 Å². The highest BCUT2D eigenvalue weighted by molar-refractivity contribution is 7.12. The third-order valence-electron chi connectivity index (χ3n) is 2.51. The molecule has 0 saturated carbocycles. The minimum Gasteiger partial charge on any atom is -0.358 e. The number of nitrogens with one attached hydrogen (secondary N) is 1. The maximum atomic E-state index is 11.5. The summed E-state index contributed by atoms with van der Waals surface area (Å²) in [7, 11) is 0. The average molecular weight is 281 g/mol. The Morgan fingerprint density at radius 2 is 2.42 bits per heavy atom. The molecule has 3 N–H and O–H groups in total. The molecular formula is C10H11N5O3S. The number of hydrogen-bond donors (Lipinski definition) is 2. The van der Waals surface area contributed by atoms with Gasteiger partial charge in [-0.1, -0.05) is 0 Å². The quantitative estimate of drug-likeness (QED) is 0.372. The number of carbonyl (C=O) groups is 1. The standard InChI is InChI=1S/C10H11N5O3S/c1-6-4-14(13-9(6)15(17)18)5-7-2-3-19-8(7)10(16)12-11/h2-4H,5,11H2,1H3,(H,12,16). The van der Waals surface area contributed by atoms with Crippen molar-refractivity contribution in [1.29, 1.82) is 0 Å². The number of rotatable bonds is 4. The topological polar surface area (TPSA) is 116 Å². The predicted octanol–water partition coefficient (Wildman–Crippen LogP) is 0.813. The Bertz CT molecular complexity index is 633. The molecule has 9 heteroatoms. The Balaban J connectivity index is 2.27. The van der Waals surface area contributed by atoms with Crippen LogP contribution in [0.25, 0.3) is 0 Å². The molecule has 0 spiro atoms. The van der Waals surface area contributed by atoms with Gasteiger partial charge in [-0.15, -0.1) is 11.3 Å². The van der Waals surface area contributed by atoms with Crippen LogP contribution in [-0.2, 0) is 6.54 Å². The molecule has 0 aliphatic rings. The van der Waals surface area contributed by atoms with Crippen LogP contribution in [0.3, 0.4) is 0 Å². The highest BCUT2D eigenvalue weighted by Crippen LogP contribution is 2.20. The summed E-state index contributed by atoms with van der Waals surface area (Å²) in [5, 5.41) is 16.3. The van der Waals surface area contributed by atoms with E-state index in [1.165, 1.54) is 16.0 Å². The summed E-state index contributed by atoms with van der Waals surface area (Å²) in [6.45, 7) is 1.89. The summed E-state index contributed by atoms with van der Waals surface area (Å²) in [6.07, 6.45) is 1.57. The first kappa shape index (κ1) is 13.2. The second-order valence-electron chi connectivity index (χ2n) is 3.84. The Hall–Kier alpha value is -2.26. The van der Waals surface area contributed by atoms with E-state index in [-0.39, 0.29) is 18.3 Å². The van der Waals surface area contributed by atoms with Crippen molar-refractivity contribution in [3.05, 3.63) is 43.8 Å². The van der Waals surface area contributed by atoms with Crippen LogP contribution in [0.2, 0.25) is 0 Å². The van der Waals surface area contributed by atoms with Gasteiger partial charge in [0.1, 0.15) is 0 Å². The molecule has 0 radical (unpaired) electrons. The molecule has 0 aromatic carbocycles. The molecule has 0 saturated heterocycles. The van der Waals surface area contributed by atoms with Crippen molar-refractivity contribution in [3.63, 3.8) is 0 Å². The number of nitrogens with zero attached hydrogens (tertiary/aromatic N) is 3. The Kier molecular flexibility index (Phi) is 3.58. The van der Waals surface area contributed by atoms with Gasteiger partial charge in [-0.05, 0) is 28.9 Å². The van der Waals surface area contributed by atoms with Gasteiger partial charge >= 0.3 is 5.82 Å². The van der Waals surface area contributed by atoms with Crippen LogP contribution in [0.1, 0.15) is 20.8 Å². The van der Waals surface area contributed by atoms with Crippen LogP contribution in [0.4, 0.5) is 5.82 Å². The minimum absolute atomic E-state index is 0.181. The number of carbonyl (C=O) groups excluding carboxylic acids is 1. The van der Waals surface area contributed by atoms with Crippen LogP contribution in [-0.4, -0.2) is 20.6 Å². The molecule has 8 nitrogen and oxygen atoms in total. The molecule has 2 aromatic rings. The predicted molar refractivity (Wildman–Crippen MR) is 68.7 cm³/mol. The zero-order valence-corrected chi connectivity index (χ0v) is 10.8. The first-order chi connectivity index (χ1) is 9.02. The molecule has 0 bridgehead atoms. The number of thiophene rings is 1. The number of amides is 1. The van der Waals surface area contributed by atoms with Crippen LogP contribution >= 0.6 is 11.3 Å². The molecule has 0 aliphatic carbocycles. The van der Waals surface area contributed by atoms with Crippen molar-refractivity contribution in [2.75, 3.05) is 0 Å². The minimum atomic E-state index is -0.535. The van der Waals surface area contributed by atoms with E-state index in [0.717, 1.165) is 0 Å². The van der Waals surface area contributed by atoms with Crippen LogP contribution in [0.15, 0.2) is 17.6 Å². The SMILES string of the molecule is Cc1cn(Cc2ccsc2C(=O)NN)nc1[N+](=O)[O-]. The summed E-state index contributed by atoms with van der Waals surface area (Å²) in [6, 6.07) is 1.76. The lowest BCUT2D eigenvalue weighted by molar-refractivity contribution is -0.390. The van der Waals surface area contributed by atoms with Gasteiger partial charge in [-0.25, -0.2) is 5.84 Å². The number of aromatic nitrogens is 2. The Labute approximate surface area is 112 Å². The van der Waals surface area contributed by atoms with Gasteiger partial charge in [-0.3, -0.25) is 10.2 Å². The Morgan fingerprint density at radius 1 is 1.68 bits per heavy atom. The zero-order valence-electron chi connectivity index (χ0n) is 9.99. The number of nitro groups is 1. The van der Waals surface area contributed by atoms with E-state index in [1.54, 1.807) is 24.6 Å². The maximum Gasteiger partial charge on any atom is 0.392 e. The lowest BCUT2D eigenvalue weighted by atomic mass is 10.2. The molecule has 19 heavy (non-hydrogen) atoms. The van der Waals surface area contributed by atoms with Gasteiger partial charge in [0.05, 0.1) is 28.3 Å². The summed E-state index contributed by atoms with van der Waals surface area (Å²) < 4.78 is 1.43. The molecule has 0 unspecified atom stereocenters. The number of nitrogen functional groups attached to an aromatic ring is 1. The molecule has 0 fully saturated rings. The van der Waals surface area contributed by atoms with E-state index in [9.17, 15) is 14.9 Å². The normalized spacial score (nSPS) is 10.4. The van der Waals surface area contributed by atoms with Crippen LogP contribution < -0.4 is 11.3 Å². The molecular weight excluding hydrogens is 270 g/mol. The highest BCUT2D eigenvalue weighted by Gasteiger charge is 2.19. The summed E-state index contributed by atoms with van der Waals surface area (Å²) in [5.74, 6) is 4.52. The summed E-state index contributed by atoms with van der Waals surface area (Å²) >= 11 is 1.25. The largest absolute Gasteiger partial charge is 0.392 e. The first-order valence-electron chi connectivity index (χ1n) is 5.28. The second-order valence-corrected chi connectivity index (χ2v) is 4.75. The van der Waals surface area contributed by atoms with E-state index >= 15 is 0 Å². The van der Waals surface area contributed by atoms with Crippen LogP contribution in [0, 0.1) is 17.0 Å². The number of hydrazine groups is 1. The number of hydrogen-bond acceptors (Lipinski definition) is 6. The van der Waals surface area contributed by atoms with Crippen molar-refractivity contribution in [1.82, 2.24) is 15.2 Å². The van der Waals surface area contributed by atoms with Crippen molar-refractivity contribution >= 4 is 23.1 Å². The summed E-state index contributed by atoms with van der Waals surface area (Å²) in [5.41, 5.74) is 3.25. The van der Waals surface area contributed by atoms with Gasteiger partial charge in [0, 0.05) is 0 Å². The maximum absolute atomic E-state index is 11.5. The lowest BCUT2D eigenvalue weighted by Crippen LogP contribution is -2.30. The van der Waals surface area contributed by atoms with E-state index in [1.807, 2.05) is 0 Å². The smallest absolute Gasteiger partial charge is 0.358 e. The lowest BCUT2D eigenvalue weighted by Gasteiger charge is -2.00. The fraction of sp³-hybridized carbons (Fsp3) is 0.200. The van der Waals surface area contributed by atoms with E-state index in [4.69, 9.17) is 5.84 Å². The molecule has 2 rings (SSSR count). The molecule has 0 aliphatic heterocycles. The van der Waals surface area contributed by atoms with Gasteiger partial charge < -0.3 is 10.1 Å². The van der Waals surface area contributed by atoms with Gasteiger partial charge in [0.2, 0.25) is 0 Å². The van der Waals surface area contributed by atoms with E-state index in [2.05, 4.69) is 10.5 Å². The molecule has 2 heterocycles. The molecule has 1 amide bonds. The van der Waals surface area contributed by atoms with Gasteiger partial charge in [-0.2, -0.15) is 4.68 Å². The first-order valence-corrected chi connectivity index (χ1v) is 6.16. The molecule has 100 valence electrons. The zero-order chi connectivity index (χ0) is 14.0. The highest BCUT2D eigenvalue weighted by atomic mass is 32.1. The Morgan fingerprint density at radius 3 is 3.00 bits per heavy atom.